The molecule has 2 rings (SSSR count). The standard InChI is InChI=1S/C11H17N5O3S/c1-16-7-8(4-5-10(16)17)15-20(18,19)9-3-2-6-13-11(9)14-12/h2-3,6,8,15H,4-5,7,12H2,1H3,(H,13,14). The minimum Gasteiger partial charge on any atom is -0.344 e. The Bertz CT molecular complexity index is 604. The van der Waals surface area contributed by atoms with Gasteiger partial charge in [-0.05, 0) is 18.6 Å². The van der Waals surface area contributed by atoms with Gasteiger partial charge < -0.3 is 10.3 Å². The first kappa shape index (κ1) is 14.7. The number of likely N-dealkylation sites (tertiary alicyclic amines) is 1. The number of piperidine rings is 1. The Balaban J connectivity index is 2.17. The summed E-state index contributed by atoms with van der Waals surface area (Å²) in [7, 11) is -2.08. The average Bonchev–Trinajstić information content (AvgIpc) is 2.42. The summed E-state index contributed by atoms with van der Waals surface area (Å²) < 4.78 is 27.2. The lowest BCUT2D eigenvalue weighted by atomic mass is 10.1. The monoisotopic (exact) mass is 299 g/mol. The molecule has 1 amide bonds. The number of anilines is 1. The fourth-order valence-electron chi connectivity index (χ4n) is 2.11. The van der Waals surface area contributed by atoms with Crippen molar-refractivity contribution >= 4 is 21.7 Å². The minimum absolute atomic E-state index is 0.0120. The summed E-state index contributed by atoms with van der Waals surface area (Å²) in [5.41, 5.74) is 2.26. The third-order valence-electron chi connectivity index (χ3n) is 3.15. The van der Waals surface area contributed by atoms with E-state index in [-0.39, 0.29) is 22.7 Å². The molecule has 0 aromatic carbocycles. The highest BCUT2D eigenvalue weighted by Gasteiger charge is 2.28. The highest BCUT2D eigenvalue weighted by atomic mass is 32.2. The van der Waals surface area contributed by atoms with Gasteiger partial charge in [0.25, 0.3) is 0 Å². The molecular formula is C11H17N5O3S. The summed E-state index contributed by atoms with van der Waals surface area (Å²) in [6.07, 6.45) is 2.26. The first-order valence-electron chi connectivity index (χ1n) is 6.12. The molecule has 0 radical (unpaired) electrons. The molecule has 1 aromatic rings. The van der Waals surface area contributed by atoms with Gasteiger partial charge in [-0.2, -0.15) is 0 Å². The Morgan fingerprint density at radius 1 is 1.50 bits per heavy atom. The predicted molar refractivity (Wildman–Crippen MR) is 73.0 cm³/mol. The van der Waals surface area contributed by atoms with Crippen LogP contribution in [0.5, 0.6) is 0 Å². The Morgan fingerprint density at radius 2 is 2.25 bits per heavy atom. The Kier molecular flexibility index (Phi) is 4.21. The molecule has 20 heavy (non-hydrogen) atoms. The van der Waals surface area contributed by atoms with Gasteiger partial charge in [0.2, 0.25) is 15.9 Å². The largest absolute Gasteiger partial charge is 0.344 e. The number of hydrogen-bond acceptors (Lipinski definition) is 6. The van der Waals surface area contributed by atoms with Crippen LogP contribution in [0, 0.1) is 0 Å². The number of rotatable bonds is 4. The van der Waals surface area contributed by atoms with E-state index >= 15 is 0 Å². The van der Waals surface area contributed by atoms with Crippen molar-refractivity contribution in [2.24, 2.45) is 5.84 Å². The number of nitrogen functional groups attached to an aromatic ring is 1. The maximum absolute atomic E-state index is 12.3. The zero-order valence-corrected chi connectivity index (χ0v) is 11.9. The van der Waals surface area contributed by atoms with Crippen LogP contribution in [0.2, 0.25) is 0 Å². The van der Waals surface area contributed by atoms with Gasteiger partial charge in [0.15, 0.2) is 5.82 Å². The van der Waals surface area contributed by atoms with Gasteiger partial charge in [-0.3, -0.25) is 4.79 Å². The summed E-state index contributed by atoms with van der Waals surface area (Å²) in [4.78, 5) is 16.8. The van der Waals surface area contributed by atoms with Crippen molar-refractivity contribution in [1.82, 2.24) is 14.6 Å². The van der Waals surface area contributed by atoms with Gasteiger partial charge in [0.1, 0.15) is 4.90 Å². The first-order chi connectivity index (χ1) is 9.44. The second-order valence-electron chi connectivity index (χ2n) is 4.63. The van der Waals surface area contributed by atoms with E-state index in [2.05, 4.69) is 15.1 Å². The molecular weight excluding hydrogens is 282 g/mol. The number of carbonyl (C=O) groups excluding carboxylic acids is 1. The van der Waals surface area contributed by atoms with Gasteiger partial charge in [-0.1, -0.05) is 0 Å². The van der Waals surface area contributed by atoms with E-state index in [1.807, 2.05) is 0 Å². The lowest BCUT2D eigenvalue weighted by Crippen LogP contribution is -2.48. The Hall–Kier alpha value is -1.71. The van der Waals surface area contributed by atoms with E-state index in [1.165, 1.54) is 23.2 Å². The Morgan fingerprint density at radius 3 is 2.90 bits per heavy atom. The third-order valence-corrected chi connectivity index (χ3v) is 4.70. The molecule has 1 aromatic heterocycles. The van der Waals surface area contributed by atoms with Gasteiger partial charge in [0, 0.05) is 32.3 Å². The van der Waals surface area contributed by atoms with Gasteiger partial charge in [-0.25, -0.2) is 24.0 Å². The second-order valence-corrected chi connectivity index (χ2v) is 6.31. The van der Waals surface area contributed by atoms with Crippen LogP contribution >= 0.6 is 0 Å². The Labute approximate surface area is 117 Å². The summed E-state index contributed by atoms with van der Waals surface area (Å²) >= 11 is 0. The zero-order valence-electron chi connectivity index (χ0n) is 11.0. The number of aromatic nitrogens is 1. The number of hydrogen-bond donors (Lipinski definition) is 3. The van der Waals surface area contributed by atoms with Gasteiger partial charge >= 0.3 is 0 Å². The number of carbonyl (C=O) groups is 1. The van der Waals surface area contributed by atoms with Crippen LogP contribution in [0.25, 0.3) is 0 Å². The molecule has 1 fully saturated rings. The number of nitrogens with one attached hydrogen (secondary N) is 2. The predicted octanol–water partition coefficient (Wildman–Crippen LogP) is -0.734. The summed E-state index contributed by atoms with van der Waals surface area (Å²) in [6, 6.07) is 2.63. The number of sulfonamides is 1. The van der Waals surface area contributed by atoms with Crippen LogP contribution in [0.1, 0.15) is 12.8 Å². The maximum Gasteiger partial charge on any atom is 0.244 e. The molecule has 1 atom stereocenters. The lowest BCUT2D eigenvalue weighted by Gasteiger charge is -2.30. The fraction of sp³-hybridized carbons (Fsp3) is 0.455. The molecule has 9 heteroatoms. The smallest absolute Gasteiger partial charge is 0.244 e. The summed E-state index contributed by atoms with van der Waals surface area (Å²) in [5, 5.41) is 0. The number of nitrogens with zero attached hydrogens (tertiary/aromatic N) is 2. The first-order valence-corrected chi connectivity index (χ1v) is 7.60. The van der Waals surface area contributed by atoms with Crippen molar-refractivity contribution in [3.8, 4) is 0 Å². The molecule has 0 bridgehead atoms. The van der Waals surface area contributed by atoms with E-state index in [4.69, 9.17) is 5.84 Å². The van der Waals surface area contributed by atoms with Crippen LogP contribution in [0.15, 0.2) is 23.2 Å². The number of hydrazine groups is 1. The number of nitrogens with two attached hydrogens (primary N) is 1. The molecule has 2 heterocycles. The maximum atomic E-state index is 12.3. The molecule has 0 saturated carbocycles. The third kappa shape index (κ3) is 3.06. The number of amides is 1. The van der Waals surface area contributed by atoms with Crippen molar-refractivity contribution in [2.75, 3.05) is 19.0 Å². The van der Waals surface area contributed by atoms with Crippen molar-refractivity contribution in [3.05, 3.63) is 18.3 Å². The van der Waals surface area contributed by atoms with Crippen molar-refractivity contribution in [1.29, 1.82) is 0 Å². The van der Waals surface area contributed by atoms with Crippen molar-refractivity contribution in [3.63, 3.8) is 0 Å². The molecule has 4 N–H and O–H groups in total. The highest BCUT2D eigenvalue weighted by molar-refractivity contribution is 7.89. The minimum atomic E-state index is -3.74. The normalized spacial score (nSPS) is 20.0. The number of likely N-dealkylation sites (N-methyl/N-ethyl adjacent to an activating group) is 1. The quantitative estimate of drug-likeness (QED) is 0.498. The molecule has 1 aliphatic heterocycles. The highest BCUT2D eigenvalue weighted by Crippen LogP contribution is 2.19. The van der Waals surface area contributed by atoms with Crippen LogP contribution < -0.4 is 16.0 Å². The second kappa shape index (κ2) is 5.73. The van der Waals surface area contributed by atoms with E-state index in [1.54, 1.807) is 7.05 Å². The van der Waals surface area contributed by atoms with E-state index in [9.17, 15) is 13.2 Å². The molecule has 1 saturated heterocycles. The van der Waals surface area contributed by atoms with E-state index in [0.717, 1.165) is 0 Å². The molecule has 110 valence electrons. The van der Waals surface area contributed by atoms with Crippen LogP contribution in [-0.4, -0.2) is 43.8 Å². The summed E-state index contributed by atoms with van der Waals surface area (Å²) in [5.74, 6) is 5.37. The van der Waals surface area contributed by atoms with Gasteiger partial charge in [-0.15, -0.1) is 0 Å². The van der Waals surface area contributed by atoms with Gasteiger partial charge in [0.05, 0.1) is 0 Å². The fourth-order valence-corrected chi connectivity index (χ4v) is 3.49. The van der Waals surface area contributed by atoms with Crippen molar-refractivity contribution in [2.45, 2.75) is 23.8 Å². The molecule has 0 spiro atoms. The van der Waals surface area contributed by atoms with Crippen LogP contribution in [-0.2, 0) is 14.8 Å². The van der Waals surface area contributed by atoms with E-state index in [0.29, 0.717) is 19.4 Å². The average molecular weight is 299 g/mol. The van der Waals surface area contributed by atoms with E-state index < -0.39 is 10.0 Å². The molecule has 1 unspecified atom stereocenters. The molecule has 1 aliphatic rings. The topological polar surface area (TPSA) is 117 Å². The van der Waals surface area contributed by atoms with Crippen LogP contribution in [0.4, 0.5) is 5.82 Å². The van der Waals surface area contributed by atoms with Crippen molar-refractivity contribution < 1.29 is 13.2 Å². The zero-order chi connectivity index (χ0) is 14.8. The molecule has 0 aliphatic carbocycles. The lowest BCUT2D eigenvalue weighted by molar-refractivity contribution is -0.132. The van der Waals surface area contributed by atoms with Crippen LogP contribution in [0.3, 0.4) is 0 Å². The molecule has 8 nitrogen and oxygen atoms in total. The summed E-state index contributed by atoms with van der Waals surface area (Å²) in [6.45, 7) is 0.351. The SMILES string of the molecule is CN1CC(NS(=O)(=O)c2cccnc2NN)CCC1=O. The number of pyridine rings is 1.